The van der Waals surface area contributed by atoms with Crippen LogP contribution < -0.4 is 11.5 Å². The van der Waals surface area contributed by atoms with Gasteiger partial charge in [-0.2, -0.15) is 0 Å². The lowest BCUT2D eigenvalue weighted by atomic mass is 9.79. The number of nitrogens with zero attached hydrogens (tertiary/aromatic N) is 1. The molecule has 1 rings (SSSR count). The molecule has 5 N–H and O–H groups in total. The van der Waals surface area contributed by atoms with Gasteiger partial charge in [0.05, 0.1) is 6.04 Å². The minimum Gasteiger partial charge on any atom is -0.370 e. The Labute approximate surface area is 103 Å². The van der Waals surface area contributed by atoms with Crippen LogP contribution in [-0.4, -0.2) is 35.8 Å². The Balaban J connectivity index is 2.54. The van der Waals surface area contributed by atoms with Crippen molar-refractivity contribution in [2.45, 2.75) is 39.7 Å². The number of hydrogen-bond donors (Lipinski definition) is 3. The largest absolute Gasteiger partial charge is 0.370 e. The fourth-order valence-corrected chi connectivity index (χ4v) is 2.21. The number of piperidine rings is 1. The molecule has 0 aromatic carbocycles. The lowest BCUT2D eigenvalue weighted by Crippen LogP contribution is -2.50. The van der Waals surface area contributed by atoms with Crippen molar-refractivity contribution in [3.05, 3.63) is 0 Å². The standard InChI is InChI=1S/C12H24N4O/c1-12(2,3)10(17)9(13)8-4-6-16(7-5-8)11(14)15/h8-9H,4-7,13H2,1-3H3,(H3,14,15)/t9-/m1/s1. The van der Waals surface area contributed by atoms with Gasteiger partial charge >= 0.3 is 0 Å². The first-order valence-electron chi connectivity index (χ1n) is 6.12. The van der Waals surface area contributed by atoms with Crippen molar-refractivity contribution in [2.75, 3.05) is 13.1 Å². The van der Waals surface area contributed by atoms with Crippen LogP contribution in [0.1, 0.15) is 33.6 Å². The summed E-state index contributed by atoms with van der Waals surface area (Å²) in [6.07, 6.45) is 1.67. The molecular formula is C12H24N4O. The molecule has 1 saturated heterocycles. The summed E-state index contributed by atoms with van der Waals surface area (Å²) in [6, 6.07) is -0.385. The summed E-state index contributed by atoms with van der Waals surface area (Å²) in [6.45, 7) is 7.16. The molecule has 0 amide bonds. The Morgan fingerprint density at radius 3 is 2.18 bits per heavy atom. The number of carbonyl (C=O) groups excluding carboxylic acids is 1. The van der Waals surface area contributed by atoms with Gasteiger partial charge < -0.3 is 16.4 Å². The molecule has 5 nitrogen and oxygen atoms in total. The molecule has 0 aromatic heterocycles. The molecule has 0 spiro atoms. The predicted molar refractivity (Wildman–Crippen MR) is 68.6 cm³/mol. The second-order valence-electron chi connectivity index (χ2n) is 5.85. The molecule has 0 unspecified atom stereocenters. The first-order chi connectivity index (χ1) is 7.73. The lowest BCUT2D eigenvalue weighted by molar-refractivity contribution is -0.129. The van der Waals surface area contributed by atoms with E-state index in [1.54, 1.807) is 0 Å². The summed E-state index contributed by atoms with van der Waals surface area (Å²) >= 11 is 0. The third-order valence-corrected chi connectivity index (χ3v) is 3.43. The molecule has 0 aromatic rings. The summed E-state index contributed by atoms with van der Waals surface area (Å²) in [4.78, 5) is 13.9. The molecule has 1 heterocycles. The van der Waals surface area contributed by atoms with E-state index in [-0.39, 0.29) is 29.1 Å². The molecular weight excluding hydrogens is 216 g/mol. The molecule has 1 fully saturated rings. The van der Waals surface area contributed by atoms with E-state index in [1.165, 1.54) is 0 Å². The highest BCUT2D eigenvalue weighted by Crippen LogP contribution is 2.25. The van der Waals surface area contributed by atoms with Crippen molar-refractivity contribution < 1.29 is 4.79 Å². The highest BCUT2D eigenvalue weighted by atomic mass is 16.1. The lowest BCUT2D eigenvalue weighted by Gasteiger charge is -2.36. The van der Waals surface area contributed by atoms with Crippen LogP contribution in [0.3, 0.4) is 0 Å². The highest BCUT2D eigenvalue weighted by Gasteiger charge is 2.34. The molecule has 1 aliphatic heterocycles. The van der Waals surface area contributed by atoms with Gasteiger partial charge in [0.1, 0.15) is 0 Å². The zero-order valence-electron chi connectivity index (χ0n) is 11.0. The molecule has 0 radical (unpaired) electrons. The summed E-state index contributed by atoms with van der Waals surface area (Å²) in [5, 5.41) is 7.35. The van der Waals surface area contributed by atoms with Gasteiger partial charge in [-0.05, 0) is 18.8 Å². The average molecular weight is 240 g/mol. The number of carbonyl (C=O) groups is 1. The number of rotatable bonds is 2. The van der Waals surface area contributed by atoms with Gasteiger partial charge in [0.15, 0.2) is 11.7 Å². The van der Waals surface area contributed by atoms with E-state index in [4.69, 9.17) is 16.9 Å². The highest BCUT2D eigenvalue weighted by molar-refractivity contribution is 5.88. The summed E-state index contributed by atoms with van der Waals surface area (Å²) in [5.74, 6) is 0.454. The van der Waals surface area contributed by atoms with E-state index in [9.17, 15) is 4.79 Å². The first-order valence-corrected chi connectivity index (χ1v) is 6.12. The maximum Gasteiger partial charge on any atom is 0.188 e. The number of hydrogen-bond acceptors (Lipinski definition) is 3. The SMILES string of the molecule is CC(C)(C)C(=O)[C@H](N)C1CCN(C(=N)N)CC1. The average Bonchev–Trinajstić information content (AvgIpc) is 2.26. The second kappa shape index (κ2) is 5.04. The van der Waals surface area contributed by atoms with Crippen molar-refractivity contribution in [3.63, 3.8) is 0 Å². The Morgan fingerprint density at radius 1 is 1.35 bits per heavy atom. The van der Waals surface area contributed by atoms with E-state index < -0.39 is 0 Å². The number of nitrogens with two attached hydrogens (primary N) is 2. The Hall–Kier alpha value is -1.10. The number of guanidine groups is 1. The van der Waals surface area contributed by atoms with E-state index in [0.29, 0.717) is 0 Å². The van der Waals surface area contributed by atoms with Crippen LogP contribution in [0.25, 0.3) is 0 Å². The number of Topliss-reactive ketones (excluding diaryl/α,β-unsaturated/α-hetero) is 1. The zero-order chi connectivity index (χ0) is 13.2. The van der Waals surface area contributed by atoms with Crippen molar-refractivity contribution >= 4 is 11.7 Å². The Kier molecular flexibility index (Phi) is 4.14. The quantitative estimate of drug-likeness (QED) is 0.484. The van der Waals surface area contributed by atoms with Crippen LogP contribution >= 0.6 is 0 Å². The van der Waals surface area contributed by atoms with Crippen molar-refractivity contribution in [1.29, 1.82) is 5.41 Å². The number of nitrogens with one attached hydrogen (secondary N) is 1. The Morgan fingerprint density at radius 2 is 1.82 bits per heavy atom. The number of ketones is 1. The van der Waals surface area contributed by atoms with E-state index in [2.05, 4.69) is 0 Å². The maximum absolute atomic E-state index is 12.1. The smallest absolute Gasteiger partial charge is 0.188 e. The monoisotopic (exact) mass is 240 g/mol. The van der Waals surface area contributed by atoms with Gasteiger partial charge in [-0.1, -0.05) is 20.8 Å². The first kappa shape index (κ1) is 14.0. The molecule has 17 heavy (non-hydrogen) atoms. The van der Waals surface area contributed by atoms with Gasteiger partial charge in [0.2, 0.25) is 0 Å². The van der Waals surface area contributed by atoms with Crippen molar-refractivity contribution in [2.24, 2.45) is 22.8 Å². The van der Waals surface area contributed by atoms with Gasteiger partial charge in [0.25, 0.3) is 0 Å². The zero-order valence-corrected chi connectivity index (χ0v) is 11.0. The molecule has 0 bridgehead atoms. The van der Waals surface area contributed by atoms with E-state index in [1.807, 2.05) is 25.7 Å². The minimum atomic E-state index is -0.385. The normalized spacial score (nSPS) is 20.1. The van der Waals surface area contributed by atoms with Crippen LogP contribution in [-0.2, 0) is 4.79 Å². The molecule has 98 valence electrons. The maximum atomic E-state index is 12.1. The fraction of sp³-hybridized carbons (Fsp3) is 0.833. The van der Waals surface area contributed by atoms with Crippen LogP contribution in [0, 0.1) is 16.7 Å². The van der Waals surface area contributed by atoms with Gasteiger partial charge in [-0.3, -0.25) is 10.2 Å². The third-order valence-electron chi connectivity index (χ3n) is 3.43. The van der Waals surface area contributed by atoms with Crippen molar-refractivity contribution in [1.82, 2.24) is 4.90 Å². The predicted octanol–water partition coefficient (Wildman–Crippen LogP) is 0.534. The van der Waals surface area contributed by atoms with Crippen LogP contribution in [0.5, 0.6) is 0 Å². The van der Waals surface area contributed by atoms with Crippen molar-refractivity contribution in [3.8, 4) is 0 Å². The molecule has 1 aliphatic rings. The molecule has 0 saturated carbocycles. The second-order valence-corrected chi connectivity index (χ2v) is 5.85. The number of likely N-dealkylation sites (tertiary alicyclic amines) is 1. The molecule has 1 atom stereocenters. The van der Waals surface area contributed by atoms with E-state index >= 15 is 0 Å². The third kappa shape index (κ3) is 3.43. The van der Waals surface area contributed by atoms with Crippen LogP contribution in [0.15, 0.2) is 0 Å². The topological polar surface area (TPSA) is 96.2 Å². The minimum absolute atomic E-state index is 0.110. The van der Waals surface area contributed by atoms with Crippen LogP contribution in [0.2, 0.25) is 0 Å². The summed E-state index contributed by atoms with van der Waals surface area (Å²) in [5.41, 5.74) is 11.1. The summed E-state index contributed by atoms with van der Waals surface area (Å²) < 4.78 is 0. The van der Waals surface area contributed by atoms with Gasteiger partial charge in [-0.25, -0.2) is 0 Å². The summed E-state index contributed by atoms with van der Waals surface area (Å²) in [7, 11) is 0. The van der Waals surface area contributed by atoms with Gasteiger partial charge in [0, 0.05) is 18.5 Å². The van der Waals surface area contributed by atoms with Gasteiger partial charge in [-0.15, -0.1) is 0 Å². The van der Waals surface area contributed by atoms with E-state index in [0.717, 1.165) is 25.9 Å². The van der Waals surface area contributed by atoms with Crippen LogP contribution in [0.4, 0.5) is 0 Å². The Bertz CT molecular complexity index is 300. The fourth-order valence-electron chi connectivity index (χ4n) is 2.21. The molecule has 0 aliphatic carbocycles. The molecule has 5 heteroatoms.